The van der Waals surface area contributed by atoms with E-state index in [2.05, 4.69) is 10.0 Å². The highest BCUT2D eigenvalue weighted by Gasteiger charge is 2.22. The summed E-state index contributed by atoms with van der Waals surface area (Å²) >= 11 is 0. The van der Waals surface area contributed by atoms with Crippen LogP contribution < -0.4 is 10.0 Å². The second-order valence-corrected chi connectivity index (χ2v) is 7.14. The molecule has 0 fully saturated rings. The standard InChI is InChI=1S/C15H26N2O3S/c1-12(2)15(11-20-4)17-21(18,19)14-7-5-13(6-8-14)9-10-16-3/h5-8,12,15-17H,9-11H2,1-4H3. The zero-order valence-corrected chi connectivity index (χ0v) is 14.0. The molecule has 0 bridgehead atoms. The molecule has 1 aromatic rings. The van der Waals surface area contributed by atoms with E-state index in [0.29, 0.717) is 6.61 Å². The summed E-state index contributed by atoms with van der Waals surface area (Å²) in [6.45, 7) is 5.16. The van der Waals surface area contributed by atoms with Crippen molar-refractivity contribution in [2.75, 3.05) is 27.3 Å². The van der Waals surface area contributed by atoms with Crippen molar-refractivity contribution >= 4 is 10.0 Å². The second kappa shape index (κ2) is 8.48. The third kappa shape index (κ3) is 5.74. The second-order valence-electron chi connectivity index (χ2n) is 5.42. The Morgan fingerprint density at radius 3 is 2.29 bits per heavy atom. The predicted octanol–water partition coefficient (Wildman–Crippen LogP) is 1.40. The molecule has 0 spiro atoms. The highest BCUT2D eigenvalue weighted by atomic mass is 32.2. The molecular formula is C15H26N2O3S. The average molecular weight is 314 g/mol. The van der Waals surface area contributed by atoms with Crippen LogP contribution in [-0.4, -0.2) is 41.8 Å². The fourth-order valence-electron chi connectivity index (χ4n) is 1.91. The Hall–Kier alpha value is -0.950. The Morgan fingerprint density at radius 1 is 1.19 bits per heavy atom. The number of ether oxygens (including phenoxy) is 1. The largest absolute Gasteiger partial charge is 0.383 e. The molecule has 2 N–H and O–H groups in total. The molecule has 1 unspecified atom stereocenters. The Kier molecular flexibility index (Phi) is 7.31. The number of hydrogen-bond acceptors (Lipinski definition) is 4. The number of hydrogen-bond donors (Lipinski definition) is 2. The molecule has 0 radical (unpaired) electrons. The Labute approximate surface area is 128 Å². The lowest BCUT2D eigenvalue weighted by atomic mass is 10.1. The summed E-state index contributed by atoms with van der Waals surface area (Å²) in [7, 11) is -0.0465. The number of nitrogens with one attached hydrogen (secondary N) is 2. The zero-order valence-electron chi connectivity index (χ0n) is 13.2. The van der Waals surface area contributed by atoms with Crippen LogP contribution in [0.1, 0.15) is 19.4 Å². The van der Waals surface area contributed by atoms with Gasteiger partial charge in [-0.15, -0.1) is 0 Å². The van der Waals surface area contributed by atoms with E-state index in [-0.39, 0.29) is 16.9 Å². The van der Waals surface area contributed by atoms with Crippen molar-refractivity contribution in [1.82, 2.24) is 10.0 Å². The van der Waals surface area contributed by atoms with Crippen LogP contribution in [0.3, 0.4) is 0 Å². The molecule has 5 nitrogen and oxygen atoms in total. The first-order chi connectivity index (χ1) is 9.90. The van der Waals surface area contributed by atoms with Gasteiger partial charge in [-0.3, -0.25) is 0 Å². The molecule has 0 aliphatic heterocycles. The molecule has 0 saturated carbocycles. The van der Waals surface area contributed by atoms with Gasteiger partial charge in [0, 0.05) is 13.2 Å². The van der Waals surface area contributed by atoms with Crippen molar-refractivity contribution in [3.8, 4) is 0 Å². The van der Waals surface area contributed by atoms with Crippen molar-refractivity contribution < 1.29 is 13.2 Å². The first-order valence-electron chi connectivity index (χ1n) is 7.15. The van der Waals surface area contributed by atoms with Crippen LogP contribution in [0.25, 0.3) is 0 Å². The number of sulfonamides is 1. The van der Waals surface area contributed by atoms with Gasteiger partial charge in [-0.1, -0.05) is 26.0 Å². The van der Waals surface area contributed by atoms with Gasteiger partial charge in [0.2, 0.25) is 10.0 Å². The van der Waals surface area contributed by atoms with E-state index in [1.54, 1.807) is 19.2 Å². The molecule has 1 aromatic carbocycles. The van der Waals surface area contributed by atoms with E-state index in [0.717, 1.165) is 18.5 Å². The van der Waals surface area contributed by atoms with Gasteiger partial charge in [0.15, 0.2) is 0 Å². The summed E-state index contributed by atoms with van der Waals surface area (Å²) in [5.41, 5.74) is 1.11. The molecule has 0 heterocycles. The van der Waals surface area contributed by atoms with Crippen molar-refractivity contribution in [3.63, 3.8) is 0 Å². The summed E-state index contributed by atoms with van der Waals surface area (Å²) in [5.74, 6) is 0.162. The highest BCUT2D eigenvalue weighted by molar-refractivity contribution is 7.89. The fraction of sp³-hybridized carbons (Fsp3) is 0.600. The Morgan fingerprint density at radius 2 is 1.81 bits per heavy atom. The molecule has 120 valence electrons. The molecule has 0 aromatic heterocycles. The molecule has 21 heavy (non-hydrogen) atoms. The topological polar surface area (TPSA) is 67.4 Å². The lowest BCUT2D eigenvalue weighted by Gasteiger charge is -2.21. The van der Waals surface area contributed by atoms with Crippen LogP contribution in [0.2, 0.25) is 0 Å². The molecule has 1 atom stereocenters. The maximum atomic E-state index is 12.4. The van der Waals surface area contributed by atoms with Crippen molar-refractivity contribution in [2.45, 2.75) is 31.2 Å². The van der Waals surface area contributed by atoms with Gasteiger partial charge < -0.3 is 10.1 Å². The fourth-order valence-corrected chi connectivity index (χ4v) is 3.28. The van der Waals surface area contributed by atoms with E-state index < -0.39 is 10.0 Å². The van der Waals surface area contributed by atoms with Crippen LogP contribution in [0.15, 0.2) is 29.2 Å². The van der Waals surface area contributed by atoms with Gasteiger partial charge in [-0.05, 0) is 43.6 Å². The van der Waals surface area contributed by atoms with Crippen LogP contribution in [-0.2, 0) is 21.2 Å². The molecule has 0 aliphatic rings. The van der Waals surface area contributed by atoms with E-state index in [1.165, 1.54) is 0 Å². The van der Waals surface area contributed by atoms with Gasteiger partial charge in [0.1, 0.15) is 0 Å². The Bertz CT molecular complexity index is 512. The van der Waals surface area contributed by atoms with E-state index in [1.807, 2.05) is 33.0 Å². The lowest BCUT2D eigenvalue weighted by molar-refractivity contribution is 0.157. The smallest absolute Gasteiger partial charge is 0.240 e. The van der Waals surface area contributed by atoms with E-state index in [9.17, 15) is 8.42 Å². The summed E-state index contributed by atoms with van der Waals surface area (Å²) in [6.07, 6.45) is 0.878. The Balaban J connectivity index is 2.81. The number of likely N-dealkylation sites (N-methyl/N-ethyl adjacent to an activating group) is 1. The minimum Gasteiger partial charge on any atom is -0.383 e. The molecule has 0 amide bonds. The van der Waals surface area contributed by atoms with Gasteiger partial charge >= 0.3 is 0 Å². The van der Waals surface area contributed by atoms with Crippen molar-refractivity contribution in [3.05, 3.63) is 29.8 Å². The third-order valence-corrected chi connectivity index (χ3v) is 4.86. The highest BCUT2D eigenvalue weighted by Crippen LogP contribution is 2.13. The SMILES string of the molecule is CNCCc1ccc(S(=O)(=O)NC(COC)C(C)C)cc1. The minimum absolute atomic E-state index is 0.162. The van der Waals surface area contributed by atoms with E-state index >= 15 is 0 Å². The normalized spacial score (nSPS) is 13.6. The van der Waals surface area contributed by atoms with Crippen LogP contribution in [0.5, 0.6) is 0 Å². The summed E-state index contributed by atoms with van der Waals surface area (Å²) in [6, 6.07) is 6.78. The van der Waals surface area contributed by atoms with Crippen molar-refractivity contribution in [2.24, 2.45) is 5.92 Å². The number of rotatable bonds is 9. The van der Waals surface area contributed by atoms with Crippen LogP contribution in [0.4, 0.5) is 0 Å². The molecule has 0 aliphatic carbocycles. The predicted molar refractivity (Wildman–Crippen MR) is 84.9 cm³/mol. The average Bonchev–Trinajstić information content (AvgIpc) is 2.45. The zero-order chi connectivity index (χ0) is 15.9. The van der Waals surface area contributed by atoms with Crippen molar-refractivity contribution in [1.29, 1.82) is 0 Å². The van der Waals surface area contributed by atoms with Gasteiger partial charge in [-0.25, -0.2) is 13.1 Å². The van der Waals surface area contributed by atoms with Gasteiger partial charge in [-0.2, -0.15) is 0 Å². The van der Waals surface area contributed by atoms with E-state index in [4.69, 9.17) is 4.74 Å². The van der Waals surface area contributed by atoms with Crippen LogP contribution >= 0.6 is 0 Å². The lowest BCUT2D eigenvalue weighted by Crippen LogP contribution is -2.41. The van der Waals surface area contributed by atoms with Crippen LogP contribution in [0, 0.1) is 5.92 Å². The molecule has 6 heteroatoms. The molecular weight excluding hydrogens is 288 g/mol. The summed E-state index contributed by atoms with van der Waals surface area (Å²) in [5, 5.41) is 3.07. The monoisotopic (exact) mass is 314 g/mol. The first-order valence-corrected chi connectivity index (χ1v) is 8.64. The summed E-state index contributed by atoms with van der Waals surface area (Å²) < 4.78 is 32.5. The maximum absolute atomic E-state index is 12.4. The number of methoxy groups -OCH3 is 1. The first kappa shape index (κ1) is 18.1. The quantitative estimate of drug-likeness (QED) is 0.723. The number of benzene rings is 1. The minimum atomic E-state index is -3.51. The third-order valence-electron chi connectivity index (χ3n) is 3.35. The van der Waals surface area contributed by atoms with Gasteiger partial charge in [0.25, 0.3) is 0 Å². The van der Waals surface area contributed by atoms with Gasteiger partial charge in [0.05, 0.1) is 11.5 Å². The molecule has 1 rings (SSSR count). The maximum Gasteiger partial charge on any atom is 0.240 e. The summed E-state index contributed by atoms with van der Waals surface area (Å²) in [4.78, 5) is 0.289. The molecule has 0 saturated heterocycles.